The molecule has 0 bridgehead atoms. The van der Waals surface area contributed by atoms with Crippen molar-refractivity contribution in [2.24, 2.45) is 0 Å². The summed E-state index contributed by atoms with van der Waals surface area (Å²) < 4.78 is 10.8. The molecule has 0 spiro atoms. The predicted octanol–water partition coefficient (Wildman–Crippen LogP) is 0.594. The van der Waals surface area contributed by atoms with Gasteiger partial charge in [0.1, 0.15) is 5.60 Å². The van der Waals surface area contributed by atoms with Crippen molar-refractivity contribution in [1.82, 2.24) is 10.2 Å². The van der Waals surface area contributed by atoms with Gasteiger partial charge in [0, 0.05) is 13.1 Å². The van der Waals surface area contributed by atoms with Gasteiger partial charge in [0.15, 0.2) is 0 Å². The molecule has 0 aliphatic carbocycles. The van der Waals surface area contributed by atoms with Crippen molar-refractivity contribution in [2.45, 2.75) is 38.5 Å². The van der Waals surface area contributed by atoms with Crippen LogP contribution in [0, 0.1) is 0 Å². The number of nitrogens with one attached hydrogen (secondary N) is 1. The van der Waals surface area contributed by atoms with Gasteiger partial charge < -0.3 is 14.8 Å². The second-order valence-electron chi connectivity index (χ2n) is 5.33. The first-order valence-corrected chi connectivity index (χ1v) is 5.78. The number of hydrogen-bond donors (Lipinski definition) is 1. The van der Waals surface area contributed by atoms with Gasteiger partial charge in [-0.3, -0.25) is 4.90 Å². The van der Waals surface area contributed by atoms with E-state index >= 15 is 0 Å². The number of nitrogens with zero attached hydrogens (tertiary/aromatic N) is 1. The summed E-state index contributed by atoms with van der Waals surface area (Å²) in [6.07, 6.45) is -0.227. The molecule has 0 aromatic carbocycles. The Morgan fingerprint density at radius 3 is 2.81 bits per heavy atom. The van der Waals surface area contributed by atoms with Crippen molar-refractivity contribution in [3.05, 3.63) is 0 Å². The van der Waals surface area contributed by atoms with Gasteiger partial charge in [0.25, 0.3) is 0 Å². The largest absolute Gasteiger partial charge is 0.444 e. The van der Waals surface area contributed by atoms with Crippen LogP contribution in [-0.2, 0) is 9.47 Å². The molecule has 1 amide bonds. The monoisotopic (exact) mass is 228 g/mol. The van der Waals surface area contributed by atoms with E-state index in [0.717, 1.165) is 6.54 Å². The van der Waals surface area contributed by atoms with Crippen LogP contribution in [0.2, 0.25) is 0 Å². The van der Waals surface area contributed by atoms with Crippen LogP contribution < -0.4 is 5.32 Å². The van der Waals surface area contributed by atoms with E-state index in [1.807, 2.05) is 20.8 Å². The highest BCUT2D eigenvalue weighted by Crippen LogP contribution is 2.19. The van der Waals surface area contributed by atoms with Crippen LogP contribution in [0.5, 0.6) is 0 Å². The van der Waals surface area contributed by atoms with Gasteiger partial charge in [-0.15, -0.1) is 0 Å². The molecular weight excluding hydrogens is 208 g/mol. The Hall–Kier alpha value is -0.810. The molecule has 2 rings (SSSR count). The molecule has 2 fully saturated rings. The normalized spacial score (nSPS) is 30.1. The van der Waals surface area contributed by atoms with Crippen LogP contribution in [0.4, 0.5) is 4.79 Å². The molecule has 5 heteroatoms. The lowest BCUT2D eigenvalue weighted by molar-refractivity contribution is 0.00655. The van der Waals surface area contributed by atoms with E-state index < -0.39 is 5.60 Å². The molecule has 2 heterocycles. The SMILES string of the molecule is CC(C)(C)OC(=O)N1CCOC[C@@H]2NC[C@@H]21. The molecule has 1 N–H and O–H groups in total. The van der Waals surface area contributed by atoms with E-state index in [0.29, 0.717) is 19.8 Å². The Balaban J connectivity index is 1.98. The Morgan fingerprint density at radius 2 is 2.25 bits per heavy atom. The maximum atomic E-state index is 12.0. The van der Waals surface area contributed by atoms with Crippen LogP contribution in [-0.4, -0.2) is 55.0 Å². The summed E-state index contributed by atoms with van der Waals surface area (Å²) in [5.74, 6) is 0. The zero-order chi connectivity index (χ0) is 11.8. The summed E-state index contributed by atoms with van der Waals surface area (Å²) in [7, 11) is 0. The highest BCUT2D eigenvalue weighted by Gasteiger charge is 2.40. The van der Waals surface area contributed by atoms with E-state index in [1.54, 1.807) is 4.90 Å². The predicted molar refractivity (Wildman–Crippen MR) is 59.3 cm³/mol. The van der Waals surface area contributed by atoms with Crippen molar-refractivity contribution in [2.75, 3.05) is 26.3 Å². The number of hydrogen-bond acceptors (Lipinski definition) is 4. The van der Waals surface area contributed by atoms with E-state index in [2.05, 4.69) is 5.32 Å². The van der Waals surface area contributed by atoms with Gasteiger partial charge in [0.05, 0.1) is 25.3 Å². The van der Waals surface area contributed by atoms with Gasteiger partial charge >= 0.3 is 6.09 Å². The quantitative estimate of drug-likeness (QED) is 0.659. The number of carbonyl (C=O) groups excluding carboxylic acids is 1. The third-order valence-electron chi connectivity index (χ3n) is 2.86. The highest BCUT2D eigenvalue weighted by atomic mass is 16.6. The number of rotatable bonds is 0. The zero-order valence-corrected chi connectivity index (χ0v) is 10.2. The van der Waals surface area contributed by atoms with Crippen LogP contribution in [0.3, 0.4) is 0 Å². The van der Waals surface area contributed by atoms with Crippen LogP contribution in [0.15, 0.2) is 0 Å². The van der Waals surface area contributed by atoms with Crippen LogP contribution in [0.1, 0.15) is 20.8 Å². The van der Waals surface area contributed by atoms with Gasteiger partial charge in [0.2, 0.25) is 0 Å². The maximum Gasteiger partial charge on any atom is 0.410 e. The molecule has 0 aromatic heterocycles. The van der Waals surface area contributed by atoms with Gasteiger partial charge in [-0.2, -0.15) is 0 Å². The third kappa shape index (κ3) is 2.47. The molecule has 16 heavy (non-hydrogen) atoms. The number of amides is 1. The summed E-state index contributed by atoms with van der Waals surface area (Å²) in [5, 5.41) is 3.26. The lowest BCUT2D eigenvalue weighted by Gasteiger charge is -2.42. The molecule has 5 nitrogen and oxygen atoms in total. The van der Waals surface area contributed by atoms with Crippen molar-refractivity contribution in [1.29, 1.82) is 0 Å². The average Bonchev–Trinajstić information content (AvgIpc) is 2.22. The highest BCUT2D eigenvalue weighted by molar-refractivity contribution is 5.69. The maximum absolute atomic E-state index is 12.0. The van der Waals surface area contributed by atoms with Crippen LogP contribution in [0.25, 0.3) is 0 Å². The Kier molecular flexibility index (Phi) is 3.08. The molecule has 2 aliphatic rings. The van der Waals surface area contributed by atoms with E-state index in [9.17, 15) is 4.79 Å². The molecule has 2 aliphatic heterocycles. The summed E-state index contributed by atoms with van der Waals surface area (Å²) in [6, 6.07) is 0.507. The summed E-state index contributed by atoms with van der Waals surface area (Å²) in [5.41, 5.74) is -0.434. The Bertz CT molecular complexity index is 275. The minimum absolute atomic E-state index is 0.227. The fourth-order valence-corrected chi connectivity index (χ4v) is 1.97. The topological polar surface area (TPSA) is 50.8 Å². The number of ether oxygens (including phenoxy) is 2. The molecule has 2 atom stereocenters. The molecule has 92 valence electrons. The van der Waals surface area contributed by atoms with Crippen LogP contribution >= 0.6 is 0 Å². The first-order valence-electron chi connectivity index (χ1n) is 5.78. The molecule has 0 unspecified atom stereocenters. The minimum Gasteiger partial charge on any atom is -0.444 e. The number of carbonyl (C=O) groups is 1. The first-order chi connectivity index (χ1) is 7.47. The minimum atomic E-state index is -0.434. The van der Waals surface area contributed by atoms with Crippen molar-refractivity contribution < 1.29 is 14.3 Å². The zero-order valence-electron chi connectivity index (χ0n) is 10.2. The molecule has 2 saturated heterocycles. The summed E-state index contributed by atoms with van der Waals surface area (Å²) in [4.78, 5) is 13.8. The average molecular weight is 228 g/mol. The fraction of sp³-hybridized carbons (Fsp3) is 0.909. The van der Waals surface area contributed by atoms with Gasteiger partial charge in [-0.25, -0.2) is 4.79 Å². The van der Waals surface area contributed by atoms with Crippen molar-refractivity contribution >= 4 is 6.09 Å². The fourth-order valence-electron chi connectivity index (χ4n) is 1.97. The lowest BCUT2D eigenvalue weighted by Crippen LogP contribution is -2.66. The standard InChI is InChI=1S/C11H20N2O3/c1-11(2,3)16-10(14)13-4-5-15-7-8-9(13)6-12-8/h8-9,12H,4-7H2,1-3H3/t8-,9-/m0/s1. The van der Waals surface area contributed by atoms with Gasteiger partial charge in [-0.05, 0) is 20.8 Å². The number of fused-ring (bicyclic) bond motifs is 1. The second kappa shape index (κ2) is 4.22. The molecule has 0 saturated carbocycles. The van der Waals surface area contributed by atoms with E-state index in [1.165, 1.54) is 0 Å². The van der Waals surface area contributed by atoms with Crippen molar-refractivity contribution in [3.63, 3.8) is 0 Å². The van der Waals surface area contributed by atoms with E-state index in [4.69, 9.17) is 9.47 Å². The summed E-state index contributed by atoms with van der Waals surface area (Å²) >= 11 is 0. The smallest absolute Gasteiger partial charge is 0.410 e. The first kappa shape index (κ1) is 11.7. The molecular formula is C11H20N2O3. The Morgan fingerprint density at radius 1 is 1.50 bits per heavy atom. The Labute approximate surface area is 96.1 Å². The summed E-state index contributed by atoms with van der Waals surface area (Å²) in [6.45, 7) is 8.39. The van der Waals surface area contributed by atoms with E-state index in [-0.39, 0.29) is 18.2 Å². The molecule has 0 aromatic rings. The van der Waals surface area contributed by atoms with Gasteiger partial charge in [-0.1, -0.05) is 0 Å². The second-order valence-corrected chi connectivity index (χ2v) is 5.33. The third-order valence-corrected chi connectivity index (χ3v) is 2.86. The van der Waals surface area contributed by atoms with Crippen molar-refractivity contribution in [3.8, 4) is 0 Å². The lowest BCUT2D eigenvalue weighted by atomic mass is 10.00. The molecule has 0 radical (unpaired) electrons.